The standard InChI is InChI=1S/C13H12N2OS3/c1-8(10-3-2-5-17-10)19-7-11-14-9-4-6-18-12(9)13(16)15-11/h2-6,8H,7H2,1H3,(H,14,15,16)/t8-/m0/s1. The van der Waals surface area contributed by atoms with Crippen LogP contribution in [0.4, 0.5) is 0 Å². The van der Waals surface area contributed by atoms with Crippen LogP contribution in [-0.2, 0) is 5.75 Å². The largest absolute Gasteiger partial charge is 0.309 e. The predicted octanol–water partition coefficient (Wildman–Crippen LogP) is 4.04. The summed E-state index contributed by atoms with van der Waals surface area (Å²) in [5.74, 6) is 1.48. The quantitative estimate of drug-likeness (QED) is 0.791. The van der Waals surface area contributed by atoms with E-state index in [1.165, 1.54) is 16.2 Å². The van der Waals surface area contributed by atoms with E-state index in [1.807, 2.05) is 11.4 Å². The summed E-state index contributed by atoms with van der Waals surface area (Å²) in [6.45, 7) is 2.18. The first-order valence-corrected chi connectivity index (χ1v) is 8.66. The highest BCUT2D eigenvalue weighted by Crippen LogP contribution is 2.32. The van der Waals surface area contributed by atoms with Crippen molar-refractivity contribution in [2.75, 3.05) is 0 Å². The Hall–Kier alpha value is -1.11. The normalized spacial score (nSPS) is 12.9. The second-order valence-electron chi connectivity index (χ2n) is 4.12. The first kappa shape index (κ1) is 12.9. The number of nitrogens with one attached hydrogen (secondary N) is 1. The van der Waals surface area contributed by atoms with Gasteiger partial charge in [-0.25, -0.2) is 4.98 Å². The minimum absolute atomic E-state index is 0.0284. The molecule has 0 aliphatic heterocycles. The van der Waals surface area contributed by atoms with Crippen molar-refractivity contribution < 1.29 is 0 Å². The average molecular weight is 308 g/mol. The van der Waals surface area contributed by atoms with E-state index < -0.39 is 0 Å². The van der Waals surface area contributed by atoms with Gasteiger partial charge in [0.05, 0.1) is 11.3 Å². The molecule has 3 aromatic rings. The van der Waals surface area contributed by atoms with Gasteiger partial charge in [0.2, 0.25) is 0 Å². The Morgan fingerprint density at radius 3 is 3.05 bits per heavy atom. The molecule has 0 aromatic carbocycles. The summed E-state index contributed by atoms with van der Waals surface area (Å²) in [6, 6.07) is 6.10. The van der Waals surface area contributed by atoms with Crippen LogP contribution in [-0.4, -0.2) is 9.97 Å². The van der Waals surface area contributed by atoms with Crippen molar-refractivity contribution in [3.8, 4) is 0 Å². The van der Waals surface area contributed by atoms with Gasteiger partial charge in [0.25, 0.3) is 5.56 Å². The molecule has 0 amide bonds. The zero-order valence-corrected chi connectivity index (χ0v) is 12.7. The van der Waals surface area contributed by atoms with Crippen LogP contribution in [0.5, 0.6) is 0 Å². The van der Waals surface area contributed by atoms with E-state index in [0.717, 1.165) is 17.1 Å². The zero-order chi connectivity index (χ0) is 13.2. The van der Waals surface area contributed by atoms with Crippen LogP contribution in [0.15, 0.2) is 33.8 Å². The van der Waals surface area contributed by atoms with E-state index in [-0.39, 0.29) is 5.56 Å². The van der Waals surface area contributed by atoms with E-state index in [1.54, 1.807) is 23.1 Å². The Kier molecular flexibility index (Phi) is 3.72. The van der Waals surface area contributed by atoms with Crippen molar-refractivity contribution in [3.63, 3.8) is 0 Å². The fourth-order valence-corrected chi connectivity index (χ4v) is 4.35. The SMILES string of the molecule is C[C@H](SCc1nc2ccsc2c(=O)[nH]1)c1cccs1. The lowest BCUT2D eigenvalue weighted by Crippen LogP contribution is -2.09. The van der Waals surface area contributed by atoms with E-state index in [9.17, 15) is 4.79 Å². The molecular weight excluding hydrogens is 296 g/mol. The number of hydrogen-bond acceptors (Lipinski definition) is 5. The van der Waals surface area contributed by atoms with Crippen LogP contribution in [0.1, 0.15) is 22.9 Å². The fraction of sp³-hybridized carbons (Fsp3) is 0.231. The number of H-pyrrole nitrogens is 1. The molecule has 3 heterocycles. The van der Waals surface area contributed by atoms with Crippen LogP contribution in [0.3, 0.4) is 0 Å². The first-order valence-electron chi connectivity index (χ1n) is 5.85. The Morgan fingerprint density at radius 1 is 1.37 bits per heavy atom. The van der Waals surface area contributed by atoms with E-state index in [2.05, 4.69) is 34.4 Å². The van der Waals surface area contributed by atoms with Crippen LogP contribution >= 0.6 is 34.4 Å². The average Bonchev–Trinajstić information content (AvgIpc) is 3.06. The van der Waals surface area contributed by atoms with Crippen LogP contribution in [0, 0.1) is 0 Å². The van der Waals surface area contributed by atoms with Crippen molar-refractivity contribution in [3.05, 3.63) is 50.0 Å². The van der Waals surface area contributed by atoms with Crippen molar-refractivity contribution >= 4 is 44.7 Å². The number of rotatable bonds is 4. The van der Waals surface area contributed by atoms with E-state index >= 15 is 0 Å². The highest BCUT2D eigenvalue weighted by Gasteiger charge is 2.09. The molecule has 0 fully saturated rings. The van der Waals surface area contributed by atoms with Gasteiger partial charge >= 0.3 is 0 Å². The van der Waals surface area contributed by atoms with Gasteiger partial charge < -0.3 is 4.98 Å². The molecule has 3 aromatic heterocycles. The minimum Gasteiger partial charge on any atom is -0.309 e. The zero-order valence-electron chi connectivity index (χ0n) is 10.3. The second-order valence-corrected chi connectivity index (χ2v) is 7.34. The highest BCUT2D eigenvalue weighted by atomic mass is 32.2. The van der Waals surface area contributed by atoms with Crippen molar-refractivity contribution in [1.29, 1.82) is 0 Å². The summed E-state index contributed by atoms with van der Waals surface area (Å²) in [6.07, 6.45) is 0. The molecule has 0 aliphatic rings. The Balaban J connectivity index is 1.76. The van der Waals surface area contributed by atoms with Gasteiger partial charge in [-0.2, -0.15) is 0 Å². The number of hydrogen-bond donors (Lipinski definition) is 1. The highest BCUT2D eigenvalue weighted by molar-refractivity contribution is 7.98. The van der Waals surface area contributed by atoms with Crippen molar-refractivity contribution in [2.45, 2.75) is 17.9 Å². The Bertz CT molecular complexity index is 730. The van der Waals surface area contributed by atoms with Gasteiger partial charge in [-0.05, 0) is 29.8 Å². The molecule has 3 nitrogen and oxygen atoms in total. The third-order valence-corrected chi connectivity index (χ3v) is 6.08. The smallest absolute Gasteiger partial charge is 0.268 e. The molecule has 19 heavy (non-hydrogen) atoms. The van der Waals surface area contributed by atoms with E-state index in [0.29, 0.717) is 9.95 Å². The lowest BCUT2D eigenvalue weighted by molar-refractivity contribution is 1.03. The Labute approximate surface area is 122 Å². The molecule has 98 valence electrons. The van der Waals surface area contributed by atoms with Crippen molar-refractivity contribution in [1.82, 2.24) is 9.97 Å². The predicted molar refractivity (Wildman–Crippen MR) is 84.3 cm³/mol. The maximum atomic E-state index is 11.8. The van der Waals surface area contributed by atoms with Crippen LogP contribution in [0.25, 0.3) is 10.2 Å². The van der Waals surface area contributed by atoms with Gasteiger partial charge in [0.15, 0.2) is 0 Å². The van der Waals surface area contributed by atoms with Crippen LogP contribution in [0.2, 0.25) is 0 Å². The molecule has 0 bridgehead atoms. The minimum atomic E-state index is -0.0284. The van der Waals surface area contributed by atoms with Crippen molar-refractivity contribution in [2.24, 2.45) is 0 Å². The summed E-state index contributed by atoms with van der Waals surface area (Å²) in [7, 11) is 0. The summed E-state index contributed by atoms with van der Waals surface area (Å²) < 4.78 is 0.708. The number of aromatic nitrogens is 2. The summed E-state index contributed by atoms with van der Waals surface area (Å²) in [5, 5.41) is 4.41. The second kappa shape index (κ2) is 5.48. The molecule has 0 unspecified atom stereocenters. The fourth-order valence-electron chi connectivity index (χ4n) is 1.80. The number of thioether (sulfide) groups is 1. The lowest BCUT2D eigenvalue weighted by Gasteiger charge is -2.08. The number of aromatic amines is 1. The number of thiophene rings is 2. The molecule has 1 N–H and O–H groups in total. The molecule has 0 radical (unpaired) electrons. The van der Waals surface area contributed by atoms with Gasteiger partial charge in [0.1, 0.15) is 10.5 Å². The molecule has 0 spiro atoms. The summed E-state index contributed by atoms with van der Waals surface area (Å²) in [4.78, 5) is 20.5. The first-order chi connectivity index (χ1) is 9.24. The van der Waals surface area contributed by atoms with Gasteiger partial charge in [-0.1, -0.05) is 6.07 Å². The van der Waals surface area contributed by atoms with E-state index in [4.69, 9.17) is 0 Å². The molecule has 3 rings (SSSR count). The summed E-state index contributed by atoms with van der Waals surface area (Å²) in [5.41, 5.74) is 0.771. The number of nitrogens with zero attached hydrogens (tertiary/aromatic N) is 1. The monoisotopic (exact) mass is 308 g/mol. The Morgan fingerprint density at radius 2 is 2.26 bits per heavy atom. The molecule has 0 saturated carbocycles. The molecular formula is C13H12N2OS3. The molecule has 6 heteroatoms. The third kappa shape index (κ3) is 2.75. The maximum Gasteiger partial charge on any atom is 0.268 e. The third-order valence-electron chi connectivity index (χ3n) is 2.78. The van der Waals surface area contributed by atoms with Gasteiger partial charge in [-0.3, -0.25) is 4.79 Å². The summed E-state index contributed by atoms with van der Waals surface area (Å²) >= 11 is 4.98. The van der Waals surface area contributed by atoms with Gasteiger partial charge in [-0.15, -0.1) is 34.4 Å². The molecule has 0 aliphatic carbocycles. The molecule has 1 atom stereocenters. The topological polar surface area (TPSA) is 45.8 Å². The number of fused-ring (bicyclic) bond motifs is 1. The maximum absolute atomic E-state index is 11.8. The molecule has 0 saturated heterocycles. The lowest BCUT2D eigenvalue weighted by atomic mass is 10.4. The van der Waals surface area contributed by atoms with Gasteiger partial charge in [0, 0.05) is 10.1 Å². The van der Waals surface area contributed by atoms with Crippen LogP contribution < -0.4 is 5.56 Å².